The lowest BCUT2D eigenvalue weighted by molar-refractivity contribution is 0.0945. The standard InChI is InChI=1S/C11H17N3O2.ClH/c1-12-14-8-9-2-4-10(5-3-9)11(16)13-6-7-15;/h2-5,12,14-15H,6-8H2,1H3,(H,13,16);1H. The van der Waals surface area contributed by atoms with Crippen molar-refractivity contribution in [2.24, 2.45) is 0 Å². The van der Waals surface area contributed by atoms with Gasteiger partial charge in [0.05, 0.1) is 6.61 Å². The summed E-state index contributed by atoms with van der Waals surface area (Å²) in [6, 6.07) is 7.30. The molecule has 0 radical (unpaired) electrons. The Labute approximate surface area is 107 Å². The number of aliphatic hydroxyl groups is 1. The molecule has 0 aromatic heterocycles. The molecule has 0 saturated heterocycles. The van der Waals surface area contributed by atoms with E-state index in [-0.39, 0.29) is 31.5 Å². The van der Waals surface area contributed by atoms with E-state index in [1.165, 1.54) is 0 Å². The number of nitrogens with one attached hydrogen (secondary N) is 3. The molecular weight excluding hydrogens is 242 g/mol. The van der Waals surface area contributed by atoms with Crippen molar-refractivity contribution in [3.8, 4) is 0 Å². The lowest BCUT2D eigenvalue weighted by Crippen LogP contribution is -2.27. The summed E-state index contributed by atoms with van der Waals surface area (Å²) in [4.78, 5) is 11.5. The second-order valence-electron chi connectivity index (χ2n) is 3.28. The van der Waals surface area contributed by atoms with Crippen LogP contribution in [0.15, 0.2) is 24.3 Å². The highest BCUT2D eigenvalue weighted by molar-refractivity contribution is 5.94. The smallest absolute Gasteiger partial charge is 0.251 e. The summed E-state index contributed by atoms with van der Waals surface area (Å²) in [6.07, 6.45) is 0. The summed E-state index contributed by atoms with van der Waals surface area (Å²) < 4.78 is 0. The monoisotopic (exact) mass is 259 g/mol. The van der Waals surface area contributed by atoms with E-state index < -0.39 is 0 Å². The number of amides is 1. The van der Waals surface area contributed by atoms with Crippen molar-refractivity contribution in [3.05, 3.63) is 35.4 Å². The molecular formula is C11H18ClN3O2. The van der Waals surface area contributed by atoms with Gasteiger partial charge < -0.3 is 10.4 Å². The summed E-state index contributed by atoms with van der Waals surface area (Å²) in [5.74, 6) is -0.165. The van der Waals surface area contributed by atoms with Crippen LogP contribution >= 0.6 is 12.4 Å². The van der Waals surface area contributed by atoms with Crippen LogP contribution in [-0.2, 0) is 6.54 Å². The first-order valence-corrected chi connectivity index (χ1v) is 5.15. The zero-order chi connectivity index (χ0) is 11.8. The molecule has 0 spiro atoms. The highest BCUT2D eigenvalue weighted by atomic mass is 35.5. The Morgan fingerprint density at radius 3 is 2.47 bits per heavy atom. The van der Waals surface area contributed by atoms with Gasteiger partial charge in [-0.05, 0) is 24.7 Å². The first kappa shape index (κ1) is 15.9. The minimum absolute atomic E-state index is 0. The van der Waals surface area contributed by atoms with Gasteiger partial charge in [-0.1, -0.05) is 12.1 Å². The molecule has 6 heteroatoms. The third kappa shape index (κ3) is 5.65. The van der Waals surface area contributed by atoms with Crippen LogP contribution < -0.4 is 16.2 Å². The molecule has 0 aliphatic carbocycles. The van der Waals surface area contributed by atoms with Crippen molar-refractivity contribution in [1.29, 1.82) is 0 Å². The fraction of sp³-hybridized carbons (Fsp3) is 0.364. The molecule has 0 atom stereocenters. The van der Waals surface area contributed by atoms with Crippen LogP contribution in [-0.4, -0.2) is 31.2 Å². The Kier molecular flexibility index (Phi) is 8.35. The molecule has 0 aliphatic rings. The summed E-state index contributed by atoms with van der Waals surface area (Å²) >= 11 is 0. The highest BCUT2D eigenvalue weighted by Crippen LogP contribution is 2.03. The number of benzene rings is 1. The zero-order valence-electron chi connectivity index (χ0n) is 9.69. The molecule has 96 valence electrons. The molecule has 1 rings (SSSR count). The summed E-state index contributed by atoms with van der Waals surface area (Å²) in [6.45, 7) is 0.937. The van der Waals surface area contributed by atoms with Crippen molar-refractivity contribution in [2.45, 2.75) is 6.54 Å². The maximum Gasteiger partial charge on any atom is 0.251 e. The van der Waals surface area contributed by atoms with Crippen molar-refractivity contribution in [3.63, 3.8) is 0 Å². The second kappa shape index (κ2) is 8.95. The predicted octanol–water partition coefficient (Wildman–Crippen LogP) is 0.0545. The first-order chi connectivity index (χ1) is 7.77. The number of carbonyl (C=O) groups excluding carboxylic acids is 1. The molecule has 0 heterocycles. The van der Waals surface area contributed by atoms with Crippen LogP contribution in [0.3, 0.4) is 0 Å². The van der Waals surface area contributed by atoms with Gasteiger partial charge in [-0.3, -0.25) is 15.6 Å². The van der Waals surface area contributed by atoms with Gasteiger partial charge in [0.2, 0.25) is 0 Å². The molecule has 0 bridgehead atoms. The van der Waals surface area contributed by atoms with E-state index in [9.17, 15) is 4.79 Å². The fourth-order valence-electron chi connectivity index (χ4n) is 1.24. The number of hydrazine groups is 1. The average molecular weight is 260 g/mol. The SMILES string of the molecule is CNNCc1ccc(C(=O)NCCO)cc1.Cl. The van der Waals surface area contributed by atoms with Gasteiger partial charge in [0, 0.05) is 18.7 Å². The lowest BCUT2D eigenvalue weighted by atomic mass is 10.1. The topological polar surface area (TPSA) is 73.4 Å². The highest BCUT2D eigenvalue weighted by Gasteiger charge is 2.03. The van der Waals surface area contributed by atoms with Gasteiger partial charge in [-0.15, -0.1) is 12.4 Å². The maximum absolute atomic E-state index is 11.5. The number of carbonyl (C=O) groups is 1. The van der Waals surface area contributed by atoms with Crippen molar-refractivity contribution >= 4 is 18.3 Å². The van der Waals surface area contributed by atoms with E-state index in [0.29, 0.717) is 12.1 Å². The largest absolute Gasteiger partial charge is 0.395 e. The van der Waals surface area contributed by atoms with Crippen molar-refractivity contribution in [1.82, 2.24) is 16.2 Å². The minimum Gasteiger partial charge on any atom is -0.395 e. The molecule has 5 nitrogen and oxygen atoms in total. The van der Waals surface area contributed by atoms with Crippen LogP contribution in [0.25, 0.3) is 0 Å². The number of rotatable bonds is 6. The third-order valence-electron chi connectivity index (χ3n) is 2.08. The van der Waals surface area contributed by atoms with Crippen LogP contribution in [0.4, 0.5) is 0 Å². The van der Waals surface area contributed by atoms with Crippen LogP contribution in [0.5, 0.6) is 0 Å². The molecule has 0 unspecified atom stereocenters. The number of hydrogen-bond donors (Lipinski definition) is 4. The van der Waals surface area contributed by atoms with Gasteiger partial charge in [-0.2, -0.15) is 0 Å². The molecule has 4 N–H and O–H groups in total. The molecule has 0 saturated carbocycles. The van der Waals surface area contributed by atoms with E-state index in [1.807, 2.05) is 12.1 Å². The Bertz CT molecular complexity index is 330. The second-order valence-corrected chi connectivity index (χ2v) is 3.28. The van der Waals surface area contributed by atoms with E-state index >= 15 is 0 Å². The quantitative estimate of drug-likeness (QED) is 0.545. The Balaban J connectivity index is 0.00000256. The van der Waals surface area contributed by atoms with Crippen molar-refractivity contribution in [2.75, 3.05) is 20.2 Å². The zero-order valence-corrected chi connectivity index (χ0v) is 10.5. The van der Waals surface area contributed by atoms with Crippen molar-refractivity contribution < 1.29 is 9.90 Å². The number of hydrogen-bond acceptors (Lipinski definition) is 4. The van der Waals surface area contributed by atoms with Crippen LogP contribution in [0, 0.1) is 0 Å². The minimum atomic E-state index is -0.165. The fourth-order valence-corrected chi connectivity index (χ4v) is 1.24. The van der Waals surface area contributed by atoms with Gasteiger partial charge in [0.25, 0.3) is 5.91 Å². The summed E-state index contributed by atoms with van der Waals surface area (Å²) in [5.41, 5.74) is 7.48. The Morgan fingerprint density at radius 1 is 1.29 bits per heavy atom. The maximum atomic E-state index is 11.5. The first-order valence-electron chi connectivity index (χ1n) is 5.15. The molecule has 0 aliphatic heterocycles. The van der Waals surface area contributed by atoms with Gasteiger partial charge in [0.1, 0.15) is 0 Å². The molecule has 0 fully saturated rings. The van der Waals surface area contributed by atoms with E-state index in [4.69, 9.17) is 5.11 Å². The van der Waals surface area contributed by atoms with Crippen LogP contribution in [0.2, 0.25) is 0 Å². The van der Waals surface area contributed by atoms with E-state index in [1.54, 1.807) is 19.2 Å². The number of aliphatic hydroxyl groups excluding tert-OH is 1. The predicted molar refractivity (Wildman–Crippen MR) is 69.0 cm³/mol. The normalized spacial score (nSPS) is 9.53. The summed E-state index contributed by atoms with van der Waals surface area (Å²) in [7, 11) is 1.80. The van der Waals surface area contributed by atoms with Gasteiger partial charge in [0.15, 0.2) is 0 Å². The lowest BCUT2D eigenvalue weighted by Gasteiger charge is -2.05. The average Bonchev–Trinajstić information content (AvgIpc) is 2.34. The Morgan fingerprint density at radius 2 is 1.94 bits per heavy atom. The Hall–Kier alpha value is -1.14. The van der Waals surface area contributed by atoms with Crippen LogP contribution in [0.1, 0.15) is 15.9 Å². The van der Waals surface area contributed by atoms with E-state index in [2.05, 4.69) is 16.2 Å². The number of halogens is 1. The van der Waals surface area contributed by atoms with E-state index in [0.717, 1.165) is 5.56 Å². The van der Waals surface area contributed by atoms with Gasteiger partial charge in [-0.25, -0.2) is 0 Å². The molecule has 1 aromatic rings. The third-order valence-corrected chi connectivity index (χ3v) is 2.08. The van der Waals surface area contributed by atoms with Gasteiger partial charge >= 0.3 is 0 Å². The molecule has 1 aromatic carbocycles. The molecule has 1 amide bonds. The summed E-state index contributed by atoms with van der Waals surface area (Å²) in [5, 5.41) is 11.2. The molecule has 17 heavy (non-hydrogen) atoms.